The van der Waals surface area contributed by atoms with Crippen molar-refractivity contribution in [2.75, 3.05) is 7.05 Å². The number of phenols is 1. The summed E-state index contributed by atoms with van der Waals surface area (Å²) in [6.45, 7) is 0. The van der Waals surface area contributed by atoms with Crippen molar-refractivity contribution < 1.29 is 5.11 Å². The van der Waals surface area contributed by atoms with Gasteiger partial charge in [-0.05, 0) is 53.6 Å². The number of halogens is 2. The number of benzene rings is 3. The number of fused-ring (bicyclic) bond motifs is 3. The number of rotatable bonds is 2. The summed E-state index contributed by atoms with van der Waals surface area (Å²) in [5.41, 5.74) is 3.62. The molecule has 3 aliphatic heterocycles. The molecule has 0 aliphatic carbocycles. The maximum Gasteiger partial charge on any atom is 0.130 e. The van der Waals surface area contributed by atoms with Crippen molar-refractivity contribution in [2.24, 2.45) is 10.1 Å². The first-order valence-electron chi connectivity index (χ1n) is 11.6. The summed E-state index contributed by atoms with van der Waals surface area (Å²) in [5, 5.41) is 19.1. The van der Waals surface area contributed by atoms with E-state index >= 15 is 0 Å². The summed E-state index contributed by atoms with van der Waals surface area (Å²) >= 11 is 12.9. The van der Waals surface area contributed by atoms with E-state index in [-0.39, 0.29) is 11.7 Å². The summed E-state index contributed by atoms with van der Waals surface area (Å²) in [6, 6.07) is 18.6. The number of nitrogens with zero attached hydrogens (tertiary/aromatic N) is 4. The SMILES string of the molecule is C#Cc1ccc(O)c(C2N3C=CN(C)N=C3CC(c3cccc(Cl)c3)C23C=Nc2cc(Cl)ccc23)c1. The molecule has 178 valence electrons. The van der Waals surface area contributed by atoms with Crippen LogP contribution in [0.5, 0.6) is 5.75 Å². The highest BCUT2D eigenvalue weighted by atomic mass is 35.5. The van der Waals surface area contributed by atoms with Gasteiger partial charge in [-0.3, -0.25) is 10.0 Å². The quantitative estimate of drug-likeness (QED) is 0.393. The number of amidine groups is 1. The van der Waals surface area contributed by atoms with Crippen LogP contribution in [-0.4, -0.2) is 34.1 Å². The number of hydrogen-bond acceptors (Lipinski definition) is 5. The molecule has 0 bridgehead atoms. The third-order valence-corrected chi connectivity index (χ3v) is 7.76. The molecule has 3 atom stereocenters. The minimum Gasteiger partial charge on any atom is -0.508 e. The Balaban J connectivity index is 1.69. The molecule has 0 amide bonds. The zero-order chi connectivity index (χ0) is 25.0. The molecule has 0 saturated carbocycles. The van der Waals surface area contributed by atoms with Gasteiger partial charge in [-0.1, -0.05) is 47.3 Å². The van der Waals surface area contributed by atoms with Crippen LogP contribution in [0.3, 0.4) is 0 Å². The van der Waals surface area contributed by atoms with Crippen molar-refractivity contribution in [1.82, 2.24) is 9.91 Å². The van der Waals surface area contributed by atoms with E-state index in [1.54, 1.807) is 17.1 Å². The number of piperidine rings is 1. The Morgan fingerprint density at radius 3 is 2.69 bits per heavy atom. The fraction of sp³-hybridized carbons (Fsp3) is 0.172. The smallest absolute Gasteiger partial charge is 0.130 e. The Hall–Kier alpha value is -3.72. The predicted molar refractivity (Wildman–Crippen MR) is 145 cm³/mol. The molecule has 3 heterocycles. The lowest BCUT2D eigenvalue weighted by molar-refractivity contribution is 0.214. The predicted octanol–water partition coefficient (Wildman–Crippen LogP) is 6.59. The lowest BCUT2D eigenvalue weighted by atomic mass is 9.59. The Bertz CT molecular complexity index is 1520. The molecule has 1 fully saturated rings. The number of aromatic hydroxyl groups is 1. The van der Waals surface area contributed by atoms with E-state index in [1.807, 2.05) is 68.1 Å². The van der Waals surface area contributed by atoms with Crippen LogP contribution in [0, 0.1) is 12.3 Å². The second-order valence-corrected chi connectivity index (χ2v) is 10.2. The van der Waals surface area contributed by atoms with Crippen LogP contribution in [0.2, 0.25) is 10.0 Å². The molecular weight excluding hydrogens is 491 g/mol. The Kier molecular flexibility index (Phi) is 5.33. The molecule has 6 rings (SSSR count). The third kappa shape index (κ3) is 3.41. The minimum atomic E-state index is -0.672. The van der Waals surface area contributed by atoms with Gasteiger partial charge in [-0.15, -0.1) is 6.42 Å². The van der Waals surface area contributed by atoms with Crippen LogP contribution in [0.15, 0.2) is 83.2 Å². The van der Waals surface area contributed by atoms with Crippen LogP contribution in [0.1, 0.15) is 40.6 Å². The van der Waals surface area contributed by atoms with Crippen LogP contribution in [0.4, 0.5) is 5.69 Å². The first-order chi connectivity index (χ1) is 17.4. The minimum absolute atomic E-state index is 0.0869. The Morgan fingerprint density at radius 2 is 1.89 bits per heavy atom. The molecule has 3 aliphatic rings. The number of aliphatic imine (C=N–C) groups is 1. The molecule has 1 N–H and O–H groups in total. The lowest BCUT2D eigenvalue weighted by Crippen LogP contribution is -2.54. The first kappa shape index (κ1) is 22.7. The summed E-state index contributed by atoms with van der Waals surface area (Å²) in [6.07, 6.45) is 12.3. The first-order valence-corrected chi connectivity index (χ1v) is 12.3. The molecular formula is C29H22Cl2N4O. The van der Waals surface area contributed by atoms with Gasteiger partial charge >= 0.3 is 0 Å². The van der Waals surface area contributed by atoms with E-state index in [4.69, 9.17) is 39.7 Å². The van der Waals surface area contributed by atoms with Gasteiger partial charge in [0.1, 0.15) is 11.6 Å². The molecule has 0 radical (unpaired) electrons. The Labute approximate surface area is 220 Å². The molecule has 3 aromatic carbocycles. The van der Waals surface area contributed by atoms with E-state index in [0.29, 0.717) is 27.6 Å². The van der Waals surface area contributed by atoms with Crippen LogP contribution in [0.25, 0.3) is 0 Å². The second kappa shape index (κ2) is 8.44. The summed E-state index contributed by atoms with van der Waals surface area (Å²) in [5.74, 6) is 3.66. The highest BCUT2D eigenvalue weighted by Crippen LogP contribution is 2.60. The van der Waals surface area contributed by atoms with Crippen molar-refractivity contribution in [3.63, 3.8) is 0 Å². The maximum atomic E-state index is 11.2. The number of hydrogen-bond donors (Lipinski definition) is 1. The van der Waals surface area contributed by atoms with E-state index < -0.39 is 11.5 Å². The monoisotopic (exact) mass is 512 g/mol. The van der Waals surface area contributed by atoms with Crippen molar-refractivity contribution in [1.29, 1.82) is 0 Å². The van der Waals surface area contributed by atoms with Gasteiger partial charge in [0.25, 0.3) is 0 Å². The van der Waals surface area contributed by atoms with E-state index in [1.165, 1.54) is 0 Å². The second-order valence-electron chi connectivity index (χ2n) is 9.28. The molecule has 3 unspecified atom stereocenters. The van der Waals surface area contributed by atoms with Crippen LogP contribution < -0.4 is 0 Å². The van der Waals surface area contributed by atoms with Gasteiger partial charge in [0.2, 0.25) is 0 Å². The zero-order valence-electron chi connectivity index (χ0n) is 19.4. The van der Waals surface area contributed by atoms with Gasteiger partial charge in [0.05, 0.1) is 17.1 Å². The van der Waals surface area contributed by atoms with Crippen molar-refractivity contribution in [3.05, 3.63) is 105 Å². The molecule has 1 spiro atoms. The van der Waals surface area contributed by atoms with Crippen molar-refractivity contribution in [3.8, 4) is 18.1 Å². The normalized spacial score (nSPS) is 23.9. The van der Waals surface area contributed by atoms with Crippen LogP contribution >= 0.6 is 23.2 Å². The van der Waals surface area contributed by atoms with Gasteiger partial charge in [-0.2, -0.15) is 5.10 Å². The maximum absolute atomic E-state index is 11.2. The lowest BCUT2D eigenvalue weighted by Gasteiger charge is -2.53. The summed E-state index contributed by atoms with van der Waals surface area (Å²) < 4.78 is 0. The van der Waals surface area contributed by atoms with Gasteiger partial charge < -0.3 is 10.0 Å². The summed E-state index contributed by atoms with van der Waals surface area (Å²) in [7, 11) is 1.90. The molecule has 1 saturated heterocycles. The summed E-state index contributed by atoms with van der Waals surface area (Å²) in [4.78, 5) is 7.00. The van der Waals surface area contributed by atoms with Gasteiger partial charge in [-0.25, -0.2) is 0 Å². The van der Waals surface area contributed by atoms with Gasteiger partial charge in [0, 0.05) is 59.2 Å². The zero-order valence-corrected chi connectivity index (χ0v) is 20.9. The standard InChI is InChI=1S/C29H22Cl2N4O/c1-3-18-7-10-26(36)22(13-18)28-29(17-32-25-15-21(31)8-9-23(25)29)24(19-5-4-6-20(30)14-19)16-27-33-34(2)11-12-35(27)28/h1,4-15,17,24,28,36H,16H2,2H3. The number of terminal acetylenes is 1. The fourth-order valence-corrected chi connectivity index (χ4v) is 6.15. The largest absolute Gasteiger partial charge is 0.508 e. The van der Waals surface area contributed by atoms with Crippen LogP contribution in [-0.2, 0) is 5.41 Å². The molecule has 7 heteroatoms. The van der Waals surface area contributed by atoms with E-state index in [9.17, 15) is 5.11 Å². The molecule has 3 aromatic rings. The average Bonchev–Trinajstić information content (AvgIpc) is 3.23. The number of phenolic OH excluding ortho intramolecular Hbond substituents is 1. The third-order valence-electron chi connectivity index (χ3n) is 7.29. The highest BCUT2D eigenvalue weighted by molar-refractivity contribution is 6.31. The molecule has 36 heavy (non-hydrogen) atoms. The number of hydrazone groups is 1. The molecule has 5 nitrogen and oxygen atoms in total. The average molecular weight is 513 g/mol. The van der Waals surface area contributed by atoms with E-state index in [2.05, 4.69) is 16.9 Å². The Morgan fingerprint density at radius 1 is 1.06 bits per heavy atom. The highest BCUT2D eigenvalue weighted by Gasteiger charge is 2.57. The molecule has 0 aromatic heterocycles. The van der Waals surface area contributed by atoms with E-state index in [0.717, 1.165) is 22.6 Å². The topological polar surface area (TPSA) is 51.4 Å². The van der Waals surface area contributed by atoms with Crippen molar-refractivity contribution >= 4 is 40.9 Å². The van der Waals surface area contributed by atoms with Crippen molar-refractivity contribution in [2.45, 2.75) is 23.8 Å². The van der Waals surface area contributed by atoms with Gasteiger partial charge in [0.15, 0.2) is 0 Å². The fourth-order valence-electron chi connectivity index (χ4n) is 5.78.